The molecule has 4 rings (SSSR count). The zero-order valence-electron chi connectivity index (χ0n) is 20.0. The molecule has 6 heteroatoms. The monoisotopic (exact) mass is 443 g/mol. The van der Waals surface area contributed by atoms with Crippen LogP contribution in [-0.4, -0.2) is 47.1 Å². The van der Waals surface area contributed by atoms with Crippen LogP contribution < -0.4 is 10.2 Å². The summed E-state index contributed by atoms with van der Waals surface area (Å²) in [5.41, 5.74) is 5.54. The fraction of sp³-hybridized carbons (Fsp3) is 0.370. The first-order valence-electron chi connectivity index (χ1n) is 11.7. The Morgan fingerprint density at radius 3 is 2.36 bits per heavy atom. The van der Waals surface area contributed by atoms with Gasteiger partial charge in [0.2, 0.25) is 0 Å². The normalized spacial score (nSPS) is 14.0. The average Bonchev–Trinajstić information content (AvgIpc) is 2.82. The van der Waals surface area contributed by atoms with E-state index in [4.69, 9.17) is 9.97 Å². The molecule has 1 fully saturated rings. The van der Waals surface area contributed by atoms with E-state index in [1.165, 1.54) is 11.1 Å². The van der Waals surface area contributed by atoms with Gasteiger partial charge in [-0.05, 0) is 31.4 Å². The van der Waals surface area contributed by atoms with Crippen LogP contribution in [0.1, 0.15) is 42.1 Å². The average molecular weight is 444 g/mol. The smallest absolute Gasteiger partial charge is 0.317 e. The quantitative estimate of drug-likeness (QED) is 0.608. The Morgan fingerprint density at radius 2 is 1.70 bits per heavy atom. The second-order valence-corrected chi connectivity index (χ2v) is 9.01. The minimum Gasteiger partial charge on any atom is -0.353 e. The van der Waals surface area contributed by atoms with Gasteiger partial charge < -0.3 is 15.1 Å². The largest absolute Gasteiger partial charge is 0.353 e. The highest BCUT2D eigenvalue weighted by Gasteiger charge is 2.26. The Labute approximate surface area is 196 Å². The summed E-state index contributed by atoms with van der Waals surface area (Å²) in [6.07, 6.45) is 0. The summed E-state index contributed by atoms with van der Waals surface area (Å²) in [7, 11) is 0. The number of aromatic nitrogens is 2. The topological polar surface area (TPSA) is 61.4 Å². The van der Waals surface area contributed by atoms with Crippen molar-refractivity contribution >= 4 is 11.8 Å². The summed E-state index contributed by atoms with van der Waals surface area (Å²) in [4.78, 5) is 26.8. The van der Waals surface area contributed by atoms with Gasteiger partial charge in [0.05, 0.1) is 0 Å². The number of urea groups is 1. The van der Waals surface area contributed by atoms with E-state index in [2.05, 4.69) is 56.1 Å². The molecule has 0 radical (unpaired) electrons. The molecule has 1 saturated heterocycles. The van der Waals surface area contributed by atoms with Crippen LogP contribution in [0.4, 0.5) is 10.6 Å². The molecule has 1 N–H and O–H groups in total. The highest BCUT2D eigenvalue weighted by molar-refractivity contribution is 5.74. The first-order valence-corrected chi connectivity index (χ1v) is 11.7. The van der Waals surface area contributed by atoms with Crippen LogP contribution in [0.2, 0.25) is 0 Å². The van der Waals surface area contributed by atoms with E-state index in [1.54, 1.807) is 0 Å². The molecule has 2 aromatic carbocycles. The molecule has 2 heterocycles. The van der Waals surface area contributed by atoms with Crippen molar-refractivity contribution in [1.29, 1.82) is 0 Å². The highest BCUT2D eigenvalue weighted by Crippen LogP contribution is 2.31. The number of carbonyl (C=O) groups is 1. The number of benzene rings is 2. The fourth-order valence-electron chi connectivity index (χ4n) is 4.40. The number of hydrogen-bond donors (Lipinski definition) is 1. The number of nitrogens with zero attached hydrogens (tertiary/aromatic N) is 4. The molecule has 1 aliphatic heterocycles. The lowest BCUT2D eigenvalue weighted by Crippen LogP contribution is -2.52. The summed E-state index contributed by atoms with van der Waals surface area (Å²) in [6.45, 7) is 11.9. The van der Waals surface area contributed by atoms with Crippen LogP contribution in [0.25, 0.3) is 11.4 Å². The van der Waals surface area contributed by atoms with E-state index in [1.807, 2.05) is 41.3 Å². The van der Waals surface area contributed by atoms with Gasteiger partial charge in [0.25, 0.3) is 0 Å². The first kappa shape index (κ1) is 22.8. The molecule has 1 aromatic heterocycles. The van der Waals surface area contributed by atoms with Crippen LogP contribution in [0, 0.1) is 13.8 Å². The van der Waals surface area contributed by atoms with E-state index in [0.717, 1.165) is 41.6 Å². The number of piperazine rings is 1. The SMILES string of the molecule is Cc1cccc(-c2nc(C)c(C(C)C)c(N3CCN(C(=O)NCc4ccccc4)CC3)n2)c1. The molecular formula is C27H33N5O. The minimum atomic E-state index is -0.0121. The molecule has 33 heavy (non-hydrogen) atoms. The molecule has 0 aliphatic carbocycles. The molecular weight excluding hydrogens is 410 g/mol. The van der Waals surface area contributed by atoms with Crippen molar-refractivity contribution in [3.8, 4) is 11.4 Å². The van der Waals surface area contributed by atoms with Crippen molar-refractivity contribution in [1.82, 2.24) is 20.2 Å². The number of rotatable bonds is 5. The van der Waals surface area contributed by atoms with Gasteiger partial charge in [-0.2, -0.15) is 0 Å². The maximum absolute atomic E-state index is 12.7. The third-order valence-electron chi connectivity index (χ3n) is 6.12. The molecule has 0 unspecified atom stereocenters. The second-order valence-electron chi connectivity index (χ2n) is 9.01. The molecule has 6 nitrogen and oxygen atoms in total. The lowest BCUT2D eigenvalue weighted by atomic mass is 10.0. The third-order valence-corrected chi connectivity index (χ3v) is 6.12. The summed E-state index contributed by atoms with van der Waals surface area (Å²) in [6, 6.07) is 18.3. The Kier molecular flexibility index (Phi) is 6.92. The molecule has 0 bridgehead atoms. The first-order chi connectivity index (χ1) is 15.9. The van der Waals surface area contributed by atoms with Gasteiger partial charge in [-0.15, -0.1) is 0 Å². The Balaban J connectivity index is 1.49. The van der Waals surface area contributed by atoms with Crippen molar-refractivity contribution in [3.05, 3.63) is 77.0 Å². The van der Waals surface area contributed by atoms with Crippen molar-refractivity contribution in [2.75, 3.05) is 31.1 Å². The van der Waals surface area contributed by atoms with Crippen LogP contribution in [0.15, 0.2) is 54.6 Å². The van der Waals surface area contributed by atoms with E-state index in [-0.39, 0.29) is 6.03 Å². The second kappa shape index (κ2) is 10.0. The van der Waals surface area contributed by atoms with Gasteiger partial charge in [-0.1, -0.05) is 67.9 Å². The lowest BCUT2D eigenvalue weighted by molar-refractivity contribution is 0.193. The van der Waals surface area contributed by atoms with Crippen molar-refractivity contribution in [2.45, 2.75) is 40.2 Å². The third kappa shape index (κ3) is 5.33. The van der Waals surface area contributed by atoms with Gasteiger partial charge in [-0.25, -0.2) is 14.8 Å². The zero-order chi connectivity index (χ0) is 23.4. The molecule has 1 aliphatic rings. The highest BCUT2D eigenvalue weighted by atomic mass is 16.2. The molecule has 172 valence electrons. The van der Waals surface area contributed by atoms with E-state index in [0.29, 0.717) is 25.6 Å². The summed E-state index contributed by atoms with van der Waals surface area (Å²) in [5, 5.41) is 3.04. The summed E-state index contributed by atoms with van der Waals surface area (Å²) >= 11 is 0. The number of nitrogens with one attached hydrogen (secondary N) is 1. The maximum Gasteiger partial charge on any atom is 0.317 e. The van der Waals surface area contributed by atoms with Crippen LogP contribution in [0.3, 0.4) is 0 Å². The van der Waals surface area contributed by atoms with Crippen LogP contribution >= 0.6 is 0 Å². The van der Waals surface area contributed by atoms with Gasteiger partial charge in [0.1, 0.15) is 5.82 Å². The molecule has 3 aromatic rings. The van der Waals surface area contributed by atoms with Gasteiger partial charge >= 0.3 is 6.03 Å². The minimum absolute atomic E-state index is 0.0121. The predicted octanol–water partition coefficient (Wildman–Crippen LogP) is 4.92. The molecule has 2 amide bonds. The van der Waals surface area contributed by atoms with E-state index < -0.39 is 0 Å². The van der Waals surface area contributed by atoms with Crippen LogP contribution in [-0.2, 0) is 6.54 Å². The number of anilines is 1. The van der Waals surface area contributed by atoms with Gasteiger partial charge in [-0.3, -0.25) is 0 Å². The number of aryl methyl sites for hydroxylation is 2. The Morgan fingerprint density at radius 1 is 0.970 bits per heavy atom. The van der Waals surface area contributed by atoms with E-state index in [9.17, 15) is 4.79 Å². The summed E-state index contributed by atoms with van der Waals surface area (Å²) < 4.78 is 0. The van der Waals surface area contributed by atoms with Gasteiger partial charge in [0.15, 0.2) is 5.82 Å². The maximum atomic E-state index is 12.7. The van der Waals surface area contributed by atoms with Crippen molar-refractivity contribution in [3.63, 3.8) is 0 Å². The van der Waals surface area contributed by atoms with Crippen LogP contribution in [0.5, 0.6) is 0 Å². The number of hydrogen-bond acceptors (Lipinski definition) is 4. The van der Waals surface area contributed by atoms with Crippen molar-refractivity contribution < 1.29 is 4.79 Å². The van der Waals surface area contributed by atoms with Gasteiger partial charge in [0, 0.05) is 49.5 Å². The predicted molar refractivity (Wildman–Crippen MR) is 133 cm³/mol. The Hall–Kier alpha value is -3.41. The van der Waals surface area contributed by atoms with Crippen molar-refractivity contribution in [2.24, 2.45) is 0 Å². The fourth-order valence-corrected chi connectivity index (χ4v) is 4.40. The molecule has 0 spiro atoms. The molecule has 0 saturated carbocycles. The lowest BCUT2D eigenvalue weighted by Gasteiger charge is -2.37. The number of amides is 2. The Bertz CT molecular complexity index is 1100. The summed E-state index contributed by atoms with van der Waals surface area (Å²) in [5.74, 6) is 2.08. The number of carbonyl (C=O) groups excluding carboxylic acids is 1. The van der Waals surface area contributed by atoms with E-state index >= 15 is 0 Å². The molecule has 0 atom stereocenters. The standard InChI is InChI=1S/C27H33N5O/c1-19(2)24-21(4)29-25(23-12-8-9-20(3)17-23)30-26(24)31-13-15-32(16-14-31)27(33)28-18-22-10-6-5-7-11-22/h5-12,17,19H,13-16,18H2,1-4H3,(H,28,33). The zero-order valence-corrected chi connectivity index (χ0v) is 20.0.